The summed E-state index contributed by atoms with van der Waals surface area (Å²) in [6, 6.07) is 8.39. The molecule has 0 unspecified atom stereocenters. The molecule has 2 aromatic heterocycles. The van der Waals surface area contributed by atoms with E-state index in [9.17, 15) is 13.2 Å². The molecule has 4 rings (SSSR count). The number of sulfone groups is 1. The zero-order chi connectivity index (χ0) is 19.2. The van der Waals surface area contributed by atoms with Crippen LogP contribution in [0.3, 0.4) is 0 Å². The molecule has 0 spiro atoms. The van der Waals surface area contributed by atoms with Crippen molar-refractivity contribution in [2.24, 2.45) is 5.92 Å². The molecule has 0 amide bonds. The van der Waals surface area contributed by atoms with Crippen molar-refractivity contribution in [3.63, 3.8) is 0 Å². The third-order valence-corrected chi connectivity index (χ3v) is 7.04. The van der Waals surface area contributed by atoms with Gasteiger partial charge in [0.25, 0.3) is 5.56 Å². The van der Waals surface area contributed by atoms with Crippen molar-refractivity contribution in [2.75, 3.05) is 5.32 Å². The van der Waals surface area contributed by atoms with E-state index < -0.39 is 15.1 Å². The van der Waals surface area contributed by atoms with Crippen LogP contribution in [-0.4, -0.2) is 28.4 Å². The van der Waals surface area contributed by atoms with Gasteiger partial charge >= 0.3 is 0 Å². The van der Waals surface area contributed by atoms with Crippen molar-refractivity contribution in [3.8, 4) is 0 Å². The molecular formula is C19H22N4O3S. The SMILES string of the molecule is CC(C)S(=O)(=O)c1ccc(Nc2nn(CC3CC3)c3cc[nH]c(=O)c23)cc1. The van der Waals surface area contributed by atoms with E-state index in [1.54, 1.807) is 44.3 Å². The van der Waals surface area contributed by atoms with Crippen LogP contribution in [-0.2, 0) is 16.4 Å². The van der Waals surface area contributed by atoms with E-state index in [4.69, 9.17) is 0 Å². The van der Waals surface area contributed by atoms with Crippen LogP contribution in [0, 0.1) is 5.92 Å². The molecule has 0 bridgehead atoms. The largest absolute Gasteiger partial charge is 0.338 e. The van der Waals surface area contributed by atoms with E-state index in [-0.39, 0.29) is 10.5 Å². The number of aromatic amines is 1. The Morgan fingerprint density at radius 1 is 1.22 bits per heavy atom. The van der Waals surface area contributed by atoms with Crippen molar-refractivity contribution < 1.29 is 8.42 Å². The highest BCUT2D eigenvalue weighted by Crippen LogP contribution is 2.32. The van der Waals surface area contributed by atoms with Gasteiger partial charge in [-0.15, -0.1) is 0 Å². The number of hydrogen-bond donors (Lipinski definition) is 2. The zero-order valence-corrected chi connectivity index (χ0v) is 16.1. The molecule has 1 fully saturated rings. The van der Waals surface area contributed by atoms with Gasteiger partial charge in [-0.25, -0.2) is 8.42 Å². The van der Waals surface area contributed by atoms with Gasteiger partial charge in [-0.2, -0.15) is 5.10 Å². The summed E-state index contributed by atoms with van der Waals surface area (Å²) in [5.74, 6) is 1.10. The molecule has 27 heavy (non-hydrogen) atoms. The summed E-state index contributed by atoms with van der Waals surface area (Å²) in [6.45, 7) is 4.12. The Morgan fingerprint density at radius 3 is 2.56 bits per heavy atom. The van der Waals surface area contributed by atoms with E-state index in [0.717, 1.165) is 12.1 Å². The molecule has 0 saturated heterocycles. The second-order valence-corrected chi connectivity index (χ2v) is 9.79. The average Bonchev–Trinajstić information content (AvgIpc) is 3.38. The summed E-state index contributed by atoms with van der Waals surface area (Å²) in [5, 5.41) is 7.79. The second kappa shape index (κ2) is 6.53. The topological polar surface area (TPSA) is 96.8 Å². The number of H-pyrrole nitrogens is 1. The maximum absolute atomic E-state index is 12.3. The van der Waals surface area contributed by atoms with Crippen LogP contribution in [0.5, 0.6) is 0 Å². The fraction of sp³-hybridized carbons (Fsp3) is 0.368. The van der Waals surface area contributed by atoms with Gasteiger partial charge in [0.1, 0.15) is 5.39 Å². The third-order valence-electron chi connectivity index (χ3n) is 4.87. The molecule has 2 N–H and O–H groups in total. The van der Waals surface area contributed by atoms with Crippen molar-refractivity contribution in [2.45, 2.75) is 43.4 Å². The minimum atomic E-state index is -3.31. The van der Waals surface area contributed by atoms with Crippen LogP contribution in [0.15, 0.2) is 46.2 Å². The number of benzene rings is 1. The Labute approximate surface area is 157 Å². The van der Waals surface area contributed by atoms with Crippen LogP contribution >= 0.6 is 0 Å². The number of hydrogen-bond acceptors (Lipinski definition) is 5. The molecule has 1 aliphatic carbocycles. The van der Waals surface area contributed by atoms with Gasteiger partial charge in [-0.05, 0) is 62.9 Å². The normalized spacial score (nSPS) is 14.8. The van der Waals surface area contributed by atoms with Crippen molar-refractivity contribution in [1.29, 1.82) is 0 Å². The van der Waals surface area contributed by atoms with Gasteiger partial charge in [0.15, 0.2) is 15.7 Å². The lowest BCUT2D eigenvalue weighted by Gasteiger charge is -2.09. The lowest BCUT2D eigenvalue weighted by Crippen LogP contribution is -2.13. The number of nitrogens with zero attached hydrogens (tertiary/aromatic N) is 2. The summed E-state index contributed by atoms with van der Waals surface area (Å²) in [6.07, 6.45) is 4.02. The molecule has 0 radical (unpaired) electrons. The Kier molecular flexibility index (Phi) is 4.30. The first-order valence-electron chi connectivity index (χ1n) is 9.05. The zero-order valence-electron chi connectivity index (χ0n) is 15.3. The Bertz CT molecular complexity index is 1140. The van der Waals surface area contributed by atoms with Crippen molar-refractivity contribution >= 4 is 32.2 Å². The lowest BCUT2D eigenvalue weighted by atomic mass is 10.3. The average molecular weight is 386 g/mol. The third kappa shape index (κ3) is 3.37. The predicted octanol–water partition coefficient (Wildman–Crippen LogP) is 3.06. The number of rotatable bonds is 6. The molecule has 142 valence electrons. The molecule has 0 atom stereocenters. The minimum Gasteiger partial charge on any atom is -0.338 e. The highest BCUT2D eigenvalue weighted by Gasteiger charge is 2.24. The predicted molar refractivity (Wildman–Crippen MR) is 105 cm³/mol. The lowest BCUT2D eigenvalue weighted by molar-refractivity contribution is 0.582. The molecule has 7 nitrogen and oxygen atoms in total. The molecule has 1 aromatic carbocycles. The van der Waals surface area contributed by atoms with E-state index >= 15 is 0 Å². The van der Waals surface area contributed by atoms with Gasteiger partial charge in [0.05, 0.1) is 15.7 Å². The van der Waals surface area contributed by atoms with Gasteiger partial charge < -0.3 is 10.3 Å². The summed E-state index contributed by atoms with van der Waals surface area (Å²) in [4.78, 5) is 15.3. The summed E-state index contributed by atoms with van der Waals surface area (Å²) in [5.41, 5.74) is 1.28. The van der Waals surface area contributed by atoms with E-state index in [1.165, 1.54) is 12.8 Å². The molecule has 2 heterocycles. The Morgan fingerprint density at radius 2 is 1.93 bits per heavy atom. The maximum atomic E-state index is 12.3. The van der Waals surface area contributed by atoms with Crippen LogP contribution in [0.1, 0.15) is 26.7 Å². The first kappa shape index (κ1) is 17.8. The van der Waals surface area contributed by atoms with Gasteiger partial charge in [0.2, 0.25) is 0 Å². The maximum Gasteiger partial charge on any atom is 0.261 e. The molecule has 1 aliphatic rings. The second-order valence-electron chi connectivity index (χ2n) is 7.28. The molecule has 0 aliphatic heterocycles. The van der Waals surface area contributed by atoms with E-state index in [0.29, 0.717) is 22.8 Å². The standard InChI is InChI=1S/C19H22N4O3S/c1-12(2)27(25,26)15-7-5-14(6-8-15)21-18-17-16(9-10-20-19(17)24)23(22-18)11-13-3-4-13/h5-10,12-13H,3-4,11H2,1-2H3,(H,20,24)(H,21,22). The van der Waals surface area contributed by atoms with Crippen LogP contribution in [0.25, 0.3) is 10.9 Å². The summed E-state index contributed by atoms with van der Waals surface area (Å²) in [7, 11) is -3.31. The van der Waals surface area contributed by atoms with Gasteiger partial charge in [0, 0.05) is 18.4 Å². The smallest absolute Gasteiger partial charge is 0.261 e. The van der Waals surface area contributed by atoms with Gasteiger partial charge in [-0.1, -0.05) is 0 Å². The highest BCUT2D eigenvalue weighted by molar-refractivity contribution is 7.92. The van der Waals surface area contributed by atoms with Crippen molar-refractivity contribution in [3.05, 3.63) is 46.9 Å². The first-order chi connectivity index (χ1) is 12.9. The highest BCUT2D eigenvalue weighted by atomic mass is 32.2. The number of anilines is 2. The van der Waals surface area contributed by atoms with Crippen LogP contribution in [0.2, 0.25) is 0 Å². The number of nitrogens with one attached hydrogen (secondary N) is 2. The van der Waals surface area contributed by atoms with E-state index in [2.05, 4.69) is 15.4 Å². The van der Waals surface area contributed by atoms with Gasteiger partial charge in [-0.3, -0.25) is 9.48 Å². The number of aromatic nitrogens is 3. The number of fused-ring (bicyclic) bond motifs is 1. The summed E-state index contributed by atoms with van der Waals surface area (Å²) >= 11 is 0. The summed E-state index contributed by atoms with van der Waals surface area (Å²) < 4.78 is 26.4. The first-order valence-corrected chi connectivity index (χ1v) is 10.6. The van der Waals surface area contributed by atoms with Crippen molar-refractivity contribution in [1.82, 2.24) is 14.8 Å². The Balaban J connectivity index is 1.68. The fourth-order valence-corrected chi connectivity index (χ4v) is 4.10. The Hall–Kier alpha value is -2.61. The quantitative estimate of drug-likeness (QED) is 0.679. The molecule has 8 heteroatoms. The fourth-order valence-electron chi connectivity index (χ4n) is 3.05. The minimum absolute atomic E-state index is 0.198. The monoisotopic (exact) mass is 386 g/mol. The van der Waals surface area contributed by atoms with Crippen LogP contribution in [0.4, 0.5) is 11.5 Å². The molecule has 1 saturated carbocycles. The molecule has 3 aromatic rings. The molecular weight excluding hydrogens is 364 g/mol. The van der Waals surface area contributed by atoms with E-state index in [1.807, 2.05) is 10.7 Å². The van der Waals surface area contributed by atoms with Crippen LogP contribution < -0.4 is 10.9 Å². The number of pyridine rings is 1.